The highest BCUT2D eigenvalue weighted by molar-refractivity contribution is 7.15. The van der Waals surface area contributed by atoms with Gasteiger partial charge in [-0.15, -0.1) is 11.3 Å². The van der Waals surface area contributed by atoms with Gasteiger partial charge in [0.15, 0.2) is 5.65 Å². The van der Waals surface area contributed by atoms with Crippen LogP contribution in [-0.4, -0.2) is 51.9 Å². The first kappa shape index (κ1) is 17.2. The van der Waals surface area contributed by atoms with Gasteiger partial charge in [0.2, 0.25) is 0 Å². The van der Waals surface area contributed by atoms with Gasteiger partial charge in [-0.1, -0.05) is 0 Å². The van der Waals surface area contributed by atoms with Crippen LogP contribution in [0.25, 0.3) is 21.6 Å². The summed E-state index contributed by atoms with van der Waals surface area (Å²) in [4.78, 5) is 22.2. The third-order valence-corrected chi connectivity index (χ3v) is 5.60. The Labute approximate surface area is 156 Å². The highest BCUT2D eigenvalue weighted by Crippen LogP contribution is 2.31. The minimum Gasteiger partial charge on any atom is -0.378 e. The van der Waals surface area contributed by atoms with Crippen molar-refractivity contribution in [3.8, 4) is 10.6 Å². The molecule has 0 atom stereocenters. The molecular weight excluding hydrogens is 348 g/mol. The van der Waals surface area contributed by atoms with E-state index in [1.165, 1.54) is 4.88 Å². The molecule has 0 aromatic carbocycles. The first-order valence-corrected chi connectivity index (χ1v) is 9.68. The number of aryl methyl sites for hydroxylation is 1. The second-order valence-corrected chi connectivity index (χ2v) is 8.08. The number of pyridine rings is 1. The Morgan fingerprint density at radius 2 is 2.04 bits per heavy atom. The van der Waals surface area contributed by atoms with Gasteiger partial charge < -0.3 is 9.64 Å². The van der Waals surface area contributed by atoms with Gasteiger partial charge >= 0.3 is 0 Å². The summed E-state index contributed by atoms with van der Waals surface area (Å²) in [5.41, 5.74) is 2.26. The van der Waals surface area contributed by atoms with Gasteiger partial charge in [-0.25, -0.2) is 9.67 Å². The molecule has 4 heterocycles. The average molecular weight is 370 g/mol. The number of hydrogen-bond donors (Lipinski definition) is 0. The quantitative estimate of drug-likeness (QED) is 0.708. The largest absolute Gasteiger partial charge is 0.378 e. The van der Waals surface area contributed by atoms with Gasteiger partial charge in [0, 0.05) is 24.0 Å². The molecule has 0 radical (unpaired) electrons. The Hall–Kier alpha value is -2.25. The van der Waals surface area contributed by atoms with Crippen LogP contribution in [0.15, 0.2) is 24.4 Å². The molecule has 6 nitrogen and oxygen atoms in total. The SMILES string of the molecule is Cc1ccc(-c2cc(C(=O)N3CCOCC3)c3cnn(C(C)C)c3n2)s1. The zero-order chi connectivity index (χ0) is 18.3. The van der Waals surface area contributed by atoms with E-state index in [4.69, 9.17) is 9.72 Å². The average Bonchev–Trinajstić information content (AvgIpc) is 3.27. The summed E-state index contributed by atoms with van der Waals surface area (Å²) in [6.45, 7) is 8.62. The summed E-state index contributed by atoms with van der Waals surface area (Å²) < 4.78 is 7.27. The fraction of sp³-hybridized carbons (Fsp3) is 0.421. The first-order valence-electron chi connectivity index (χ1n) is 8.86. The van der Waals surface area contributed by atoms with Crippen molar-refractivity contribution in [2.75, 3.05) is 26.3 Å². The molecular formula is C19H22N4O2S. The zero-order valence-electron chi connectivity index (χ0n) is 15.2. The molecule has 1 amide bonds. The third kappa shape index (κ3) is 3.01. The fourth-order valence-electron chi connectivity index (χ4n) is 3.21. The van der Waals surface area contributed by atoms with E-state index in [1.807, 2.05) is 15.6 Å². The van der Waals surface area contributed by atoms with Crippen LogP contribution in [0.4, 0.5) is 0 Å². The van der Waals surface area contributed by atoms with Crippen molar-refractivity contribution in [2.45, 2.75) is 26.8 Å². The molecule has 1 aliphatic heterocycles. The van der Waals surface area contributed by atoms with E-state index in [9.17, 15) is 4.79 Å². The van der Waals surface area contributed by atoms with Crippen LogP contribution < -0.4 is 0 Å². The molecule has 0 N–H and O–H groups in total. The number of rotatable bonds is 3. The minimum atomic E-state index is 0.0264. The summed E-state index contributed by atoms with van der Waals surface area (Å²) in [7, 11) is 0. The van der Waals surface area contributed by atoms with Crippen LogP contribution >= 0.6 is 11.3 Å². The predicted octanol–water partition coefficient (Wildman–Crippen LogP) is 3.52. The monoisotopic (exact) mass is 370 g/mol. The molecule has 4 rings (SSSR count). The number of aromatic nitrogens is 3. The molecule has 0 saturated carbocycles. The fourth-order valence-corrected chi connectivity index (χ4v) is 4.04. The van der Waals surface area contributed by atoms with Gasteiger partial charge in [-0.3, -0.25) is 4.79 Å². The lowest BCUT2D eigenvalue weighted by Crippen LogP contribution is -2.40. The molecule has 0 bridgehead atoms. The van der Waals surface area contributed by atoms with Gasteiger partial charge in [-0.05, 0) is 39.0 Å². The number of hydrogen-bond acceptors (Lipinski definition) is 5. The van der Waals surface area contributed by atoms with Crippen LogP contribution in [0.3, 0.4) is 0 Å². The van der Waals surface area contributed by atoms with E-state index < -0.39 is 0 Å². The van der Waals surface area contributed by atoms with Crippen LogP contribution in [-0.2, 0) is 4.74 Å². The van der Waals surface area contributed by atoms with Crippen molar-refractivity contribution in [3.63, 3.8) is 0 Å². The maximum atomic E-state index is 13.2. The van der Waals surface area contributed by atoms with E-state index >= 15 is 0 Å². The molecule has 3 aromatic rings. The normalized spacial score (nSPS) is 15.2. The zero-order valence-corrected chi connectivity index (χ0v) is 16.0. The number of morpholine rings is 1. The van der Waals surface area contributed by atoms with E-state index in [2.05, 4.69) is 38.0 Å². The van der Waals surface area contributed by atoms with Crippen molar-refractivity contribution in [1.82, 2.24) is 19.7 Å². The number of ether oxygens (including phenoxy) is 1. The van der Waals surface area contributed by atoms with Crippen LogP contribution in [0.2, 0.25) is 0 Å². The molecule has 1 fully saturated rings. The second kappa shape index (κ2) is 6.81. The minimum absolute atomic E-state index is 0.0264. The Kier molecular flexibility index (Phi) is 4.50. The Morgan fingerprint density at radius 3 is 2.69 bits per heavy atom. The summed E-state index contributed by atoms with van der Waals surface area (Å²) >= 11 is 1.69. The molecule has 0 aliphatic carbocycles. The van der Waals surface area contributed by atoms with Gasteiger partial charge in [0.05, 0.1) is 40.9 Å². The number of fused-ring (bicyclic) bond motifs is 1. The van der Waals surface area contributed by atoms with Crippen molar-refractivity contribution in [2.24, 2.45) is 0 Å². The van der Waals surface area contributed by atoms with Crippen LogP contribution in [0.1, 0.15) is 35.1 Å². The van der Waals surface area contributed by atoms with Gasteiger partial charge in [0.25, 0.3) is 5.91 Å². The number of carbonyl (C=O) groups excluding carboxylic acids is 1. The molecule has 0 spiro atoms. The lowest BCUT2D eigenvalue weighted by atomic mass is 10.1. The van der Waals surface area contributed by atoms with Crippen LogP contribution in [0.5, 0.6) is 0 Å². The third-order valence-electron chi connectivity index (χ3n) is 4.58. The standard InChI is InChI=1S/C19H22N4O2S/c1-12(2)23-18-15(11-20-23)14(19(24)22-6-8-25-9-7-22)10-16(21-18)17-5-4-13(3)26-17/h4-5,10-12H,6-9H2,1-3H3. The highest BCUT2D eigenvalue weighted by Gasteiger charge is 2.24. The highest BCUT2D eigenvalue weighted by atomic mass is 32.1. The van der Waals surface area contributed by atoms with Crippen molar-refractivity contribution < 1.29 is 9.53 Å². The first-order chi connectivity index (χ1) is 12.5. The predicted molar refractivity (Wildman–Crippen MR) is 103 cm³/mol. The summed E-state index contributed by atoms with van der Waals surface area (Å²) in [6.07, 6.45) is 1.76. The summed E-state index contributed by atoms with van der Waals surface area (Å²) in [6, 6.07) is 6.23. The van der Waals surface area contributed by atoms with E-state index in [1.54, 1.807) is 17.5 Å². The van der Waals surface area contributed by atoms with Gasteiger partial charge in [0.1, 0.15) is 0 Å². The van der Waals surface area contributed by atoms with Crippen LogP contribution in [0, 0.1) is 6.92 Å². The van der Waals surface area contributed by atoms with Crippen molar-refractivity contribution in [1.29, 1.82) is 0 Å². The van der Waals surface area contributed by atoms with Crippen molar-refractivity contribution in [3.05, 3.63) is 34.8 Å². The molecule has 7 heteroatoms. The maximum Gasteiger partial charge on any atom is 0.254 e. The lowest BCUT2D eigenvalue weighted by molar-refractivity contribution is 0.0304. The summed E-state index contributed by atoms with van der Waals surface area (Å²) in [5.74, 6) is 0.0264. The number of amides is 1. The molecule has 26 heavy (non-hydrogen) atoms. The number of carbonyl (C=O) groups is 1. The second-order valence-electron chi connectivity index (χ2n) is 6.79. The summed E-state index contributed by atoms with van der Waals surface area (Å²) in [5, 5.41) is 5.30. The Balaban J connectivity index is 1.88. The molecule has 1 saturated heterocycles. The topological polar surface area (TPSA) is 60.3 Å². The van der Waals surface area contributed by atoms with E-state index in [0.717, 1.165) is 21.6 Å². The number of nitrogens with zero attached hydrogens (tertiary/aromatic N) is 4. The Morgan fingerprint density at radius 1 is 1.27 bits per heavy atom. The van der Waals surface area contributed by atoms with Gasteiger partial charge in [-0.2, -0.15) is 5.10 Å². The number of thiophene rings is 1. The lowest BCUT2D eigenvalue weighted by Gasteiger charge is -2.27. The molecule has 136 valence electrons. The maximum absolute atomic E-state index is 13.2. The smallest absolute Gasteiger partial charge is 0.254 e. The van der Waals surface area contributed by atoms with Crippen molar-refractivity contribution >= 4 is 28.3 Å². The molecule has 0 unspecified atom stereocenters. The molecule has 1 aliphatic rings. The Bertz CT molecular complexity index is 954. The van der Waals surface area contributed by atoms with E-state index in [0.29, 0.717) is 31.9 Å². The molecule has 3 aromatic heterocycles. The van der Waals surface area contributed by atoms with E-state index in [-0.39, 0.29) is 11.9 Å².